The zero-order valence-corrected chi connectivity index (χ0v) is 14.2. The van der Waals surface area contributed by atoms with Crippen molar-refractivity contribution in [3.8, 4) is 0 Å². The number of carbonyl (C=O) groups is 1. The van der Waals surface area contributed by atoms with E-state index in [0.29, 0.717) is 5.69 Å². The van der Waals surface area contributed by atoms with Crippen molar-refractivity contribution in [2.24, 2.45) is 0 Å². The predicted octanol–water partition coefficient (Wildman–Crippen LogP) is 3.85. The average Bonchev–Trinajstić information content (AvgIpc) is 2.46. The summed E-state index contributed by atoms with van der Waals surface area (Å²) in [5.74, 6) is -0.216. The van der Waals surface area contributed by atoms with E-state index in [1.807, 2.05) is 18.7 Å². The normalized spacial score (nSPS) is 15.9. The number of carbonyl (C=O) groups excluding carboxylic acids is 1. The van der Waals surface area contributed by atoms with Crippen molar-refractivity contribution in [2.75, 3.05) is 30.3 Å². The molecule has 1 aromatic carbocycles. The molecule has 1 amide bonds. The molecule has 0 saturated carbocycles. The summed E-state index contributed by atoms with van der Waals surface area (Å²) in [4.78, 5) is 14.3. The van der Waals surface area contributed by atoms with Gasteiger partial charge in [0.05, 0.1) is 17.9 Å². The zero-order valence-electron chi connectivity index (χ0n) is 14.2. The van der Waals surface area contributed by atoms with E-state index >= 15 is 0 Å². The van der Waals surface area contributed by atoms with Gasteiger partial charge in [-0.1, -0.05) is 19.3 Å². The molecule has 0 aromatic heterocycles. The predicted molar refractivity (Wildman–Crippen MR) is 93.3 cm³/mol. The molecule has 2 N–H and O–H groups in total. The summed E-state index contributed by atoms with van der Waals surface area (Å²) in [6.07, 6.45) is 5.82. The second-order valence-electron chi connectivity index (χ2n) is 6.49. The first kappa shape index (κ1) is 17.6. The van der Waals surface area contributed by atoms with Crippen LogP contribution in [0.15, 0.2) is 18.2 Å². The molecular formula is C18H28FN3O. The van der Waals surface area contributed by atoms with Crippen molar-refractivity contribution < 1.29 is 9.18 Å². The minimum absolute atomic E-state index is 0.0895. The highest BCUT2D eigenvalue weighted by Gasteiger charge is 2.15. The third-order valence-electron chi connectivity index (χ3n) is 4.06. The second-order valence-corrected chi connectivity index (χ2v) is 6.49. The smallest absolute Gasteiger partial charge is 0.241 e. The lowest BCUT2D eigenvalue weighted by molar-refractivity contribution is -0.129. The summed E-state index contributed by atoms with van der Waals surface area (Å²) in [5.41, 5.74) is 1.46. The molecule has 0 unspecified atom stereocenters. The van der Waals surface area contributed by atoms with Crippen LogP contribution >= 0.6 is 0 Å². The molecule has 0 aliphatic carbocycles. The number of nitrogens with zero attached hydrogens (tertiary/aromatic N) is 1. The molecule has 0 spiro atoms. The first-order chi connectivity index (χ1) is 11.1. The van der Waals surface area contributed by atoms with Crippen LogP contribution in [-0.4, -0.2) is 36.5 Å². The van der Waals surface area contributed by atoms with Crippen LogP contribution < -0.4 is 10.6 Å². The van der Waals surface area contributed by atoms with E-state index in [-0.39, 0.29) is 24.3 Å². The Balaban J connectivity index is 1.96. The third-order valence-corrected chi connectivity index (χ3v) is 4.06. The van der Waals surface area contributed by atoms with Gasteiger partial charge in [0, 0.05) is 19.1 Å². The fourth-order valence-electron chi connectivity index (χ4n) is 2.88. The number of benzene rings is 1. The van der Waals surface area contributed by atoms with Gasteiger partial charge in [-0.15, -0.1) is 0 Å². The van der Waals surface area contributed by atoms with Gasteiger partial charge in [-0.25, -0.2) is 4.39 Å². The van der Waals surface area contributed by atoms with Gasteiger partial charge >= 0.3 is 0 Å². The van der Waals surface area contributed by atoms with Crippen LogP contribution in [0.1, 0.15) is 46.0 Å². The van der Waals surface area contributed by atoms with E-state index in [4.69, 9.17) is 0 Å². The highest BCUT2D eigenvalue weighted by Crippen LogP contribution is 2.23. The SMILES string of the molecule is CC(C)Nc1ccc(F)cc1NCC(=O)N1CCCCCCC1. The summed E-state index contributed by atoms with van der Waals surface area (Å²) >= 11 is 0. The molecule has 23 heavy (non-hydrogen) atoms. The van der Waals surface area contributed by atoms with Crippen LogP contribution in [0.4, 0.5) is 15.8 Å². The van der Waals surface area contributed by atoms with E-state index in [0.717, 1.165) is 31.6 Å². The highest BCUT2D eigenvalue weighted by atomic mass is 19.1. The summed E-state index contributed by atoms with van der Waals surface area (Å²) in [5, 5.41) is 6.37. The Hall–Kier alpha value is -1.78. The Morgan fingerprint density at radius 1 is 1.13 bits per heavy atom. The van der Waals surface area contributed by atoms with Crippen LogP contribution in [-0.2, 0) is 4.79 Å². The summed E-state index contributed by atoms with van der Waals surface area (Å²) in [6.45, 7) is 5.93. The van der Waals surface area contributed by atoms with Crippen molar-refractivity contribution >= 4 is 17.3 Å². The molecule has 1 saturated heterocycles. The lowest BCUT2D eigenvalue weighted by Crippen LogP contribution is -2.37. The lowest BCUT2D eigenvalue weighted by atomic mass is 10.1. The minimum Gasteiger partial charge on any atom is -0.381 e. The second kappa shape index (κ2) is 8.75. The average molecular weight is 321 g/mol. The fourth-order valence-corrected chi connectivity index (χ4v) is 2.88. The Bertz CT molecular complexity index is 511. The number of hydrogen-bond donors (Lipinski definition) is 2. The van der Waals surface area contributed by atoms with Gasteiger partial charge < -0.3 is 15.5 Å². The fraction of sp³-hybridized carbons (Fsp3) is 0.611. The number of hydrogen-bond acceptors (Lipinski definition) is 3. The van der Waals surface area contributed by atoms with Crippen molar-refractivity contribution in [2.45, 2.75) is 52.0 Å². The van der Waals surface area contributed by atoms with Gasteiger partial charge in [-0.3, -0.25) is 4.79 Å². The lowest BCUT2D eigenvalue weighted by Gasteiger charge is -2.25. The summed E-state index contributed by atoms with van der Waals surface area (Å²) < 4.78 is 13.5. The zero-order chi connectivity index (χ0) is 16.7. The quantitative estimate of drug-likeness (QED) is 0.866. The maximum absolute atomic E-state index is 13.5. The molecule has 0 atom stereocenters. The van der Waals surface area contributed by atoms with E-state index in [1.54, 1.807) is 6.07 Å². The number of amides is 1. The molecule has 1 heterocycles. The number of anilines is 2. The van der Waals surface area contributed by atoms with Crippen LogP contribution in [0.5, 0.6) is 0 Å². The molecule has 128 valence electrons. The topological polar surface area (TPSA) is 44.4 Å². The van der Waals surface area contributed by atoms with Crippen molar-refractivity contribution in [3.05, 3.63) is 24.0 Å². The molecule has 1 aliphatic rings. The first-order valence-corrected chi connectivity index (χ1v) is 8.64. The van der Waals surface area contributed by atoms with Gasteiger partial charge in [-0.2, -0.15) is 0 Å². The molecule has 2 rings (SSSR count). The number of rotatable bonds is 5. The standard InChI is InChI=1S/C18H28FN3O/c1-14(2)21-16-9-8-15(19)12-17(16)20-13-18(23)22-10-6-4-3-5-7-11-22/h8-9,12,14,20-21H,3-7,10-11,13H2,1-2H3. The van der Waals surface area contributed by atoms with E-state index in [2.05, 4.69) is 10.6 Å². The van der Waals surface area contributed by atoms with Crippen LogP contribution in [0, 0.1) is 5.82 Å². The van der Waals surface area contributed by atoms with Crippen molar-refractivity contribution in [1.29, 1.82) is 0 Å². The molecular weight excluding hydrogens is 293 g/mol. The molecule has 4 nitrogen and oxygen atoms in total. The van der Waals surface area contributed by atoms with Gasteiger partial charge in [0.1, 0.15) is 5.82 Å². The molecule has 0 bridgehead atoms. The summed E-state index contributed by atoms with van der Waals surface area (Å²) in [6, 6.07) is 4.81. The van der Waals surface area contributed by atoms with E-state index in [1.165, 1.54) is 31.4 Å². The van der Waals surface area contributed by atoms with Crippen LogP contribution in [0.25, 0.3) is 0 Å². The Morgan fingerprint density at radius 3 is 2.43 bits per heavy atom. The number of likely N-dealkylation sites (tertiary alicyclic amines) is 1. The largest absolute Gasteiger partial charge is 0.381 e. The monoisotopic (exact) mass is 321 g/mol. The number of nitrogens with one attached hydrogen (secondary N) is 2. The molecule has 1 aromatic rings. The Kier molecular flexibility index (Phi) is 6.68. The first-order valence-electron chi connectivity index (χ1n) is 8.64. The van der Waals surface area contributed by atoms with Gasteiger partial charge in [-0.05, 0) is 44.9 Å². The maximum Gasteiger partial charge on any atom is 0.241 e. The Labute approximate surface area is 138 Å². The minimum atomic E-state index is -0.305. The highest BCUT2D eigenvalue weighted by molar-refractivity contribution is 5.82. The molecule has 1 fully saturated rings. The Morgan fingerprint density at radius 2 is 1.78 bits per heavy atom. The maximum atomic E-state index is 13.5. The van der Waals surface area contributed by atoms with Crippen LogP contribution in [0.3, 0.4) is 0 Å². The van der Waals surface area contributed by atoms with Crippen molar-refractivity contribution in [1.82, 2.24) is 4.90 Å². The van der Waals surface area contributed by atoms with Crippen molar-refractivity contribution in [3.63, 3.8) is 0 Å². The van der Waals surface area contributed by atoms with Gasteiger partial charge in [0.15, 0.2) is 0 Å². The van der Waals surface area contributed by atoms with Crippen LogP contribution in [0.2, 0.25) is 0 Å². The number of halogens is 1. The molecule has 5 heteroatoms. The van der Waals surface area contributed by atoms with E-state index in [9.17, 15) is 9.18 Å². The molecule has 0 radical (unpaired) electrons. The van der Waals surface area contributed by atoms with E-state index < -0.39 is 0 Å². The van der Waals surface area contributed by atoms with Gasteiger partial charge in [0.25, 0.3) is 0 Å². The molecule has 1 aliphatic heterocycles. The summed E-state index contributed by atoms with van der Waals surface area (Å²) in [7, 11) is 0. The third kappa shape index (κ3) is 5.73. The van der Waals surface area contributed by atoms with Gasteiger partial charge in [0.2, 0.25) is 5.91 Å².